The van der Waals surface area contributed by atoms with Gasteiger partial charge in [-0.3, -0.25) is 9.59 Å². The van der Waals surface area contributed by atoms with Crippen molar-refractivity contribution in [3.05, 3.63) is 18.2 Å². The average Bonchev–Trinajstić information content (AvgIpc) is 2.96. The van der Waals surface area contributed by atoms with Gasteiger partial charge in [0, 0.05) is 25.9 Å². The average molecular weight is 279 g/mol. The Bertz CT molecular complexity index is 490. The predicted molar refractivity (Wildman–Crippen MR) is 72.8 cm³/mol. The molecule has 1 amide bonds. The fourth-order valence-corrected chi connectivity index (χ4v) is 3.01. The molecule has 6 heteroatoms. The molecule has 1 aliphatic rings. The van der Waals surface area contributed by atoms with Crippen LogP contribution in [0.15, 0.2) is 12.4 Å². The van der Waals surface area contributed by atoms with Crippen LogP contribution in [-0.2, 0) is 23.2 Å². The first-order valence-corrected chi connectivity index (χ1v) is 6.95. The lowest BCUT2D eigenvalue weighted by Crippen LogP contribution is -2.32. The summed E-state index contributed by atoms with van der Waals surface area (Å²) >= 11 is 0. The van der Waals surface area contributed by atoms with Crippen molar-refractivity contribution in [2.45, 2.75) is 45.1 Å². The largest absolute Gasteiger partial charge is 0.481 e. The minimum Gasteiger partial charge on any atom is -0.481 e. The monoisotopic (exact) mass is 279 g/mol. The van der Waals surface area contributed by atoms with E-state index in [1.54, 1.807) is 6.20 Å². The number of aliphatic carboxylic acids is 1. The maximum Gasteiger partial charge on any atom is 0.303 e. The highest BCUT2D eigenvalue weighted by Gasteiger charge is 2.37. The number of nitrogens with zero attached hydrogens (tertiary/aromatic N) is 2. The number of hydrogen-bond donors (Lipinski definition) is 2. The number of carbonyl (C=O) groups is 2. The predicted octanol–water partition coefficient (Wildman–Crippen LogP) is 1.46. The van der Waals surface area contributed by atoms with E-state index < -0.39 is 5.97 Å². The Balaban J connectivity index is 1.89. The first-order chi connectivity index (χ1) is 9.51. The normalized spacial score (nSPS) is 17.1. The molecule has 2 rings (SSSR count). The van der Waals surface area contributed by atoms with Gasteiger partial charge >= 0.3 is 5.97 Å². The molecule has 0 radical (unpaired) electrons. The molecule has 1 aromatic rings. The standard InChI is InChI=1S/C14H21N3O3/c1-17-7-6-15-11(17)10-16-12(18)8-14(9-13(19)20)4-2-3-5-14/h6-7H,2-5,8-10H2,1H3,(H,16,18)(H,19,20). The fraction of sp³-hybridized carbons (Fsp3) is 0.643. The summed E-state index contributed by atoms with van der Waals surface area (Å²) in [7, 11) is 1.87. The van der Waals surface area contributed by atoms with Crippen molar-refractivity contribution in [3.8, 4) is 0 Å². The molecule has 0 bridgehead atoms. The highest BCUT2D eigenvalue weighted by Crippen LogP contribution is 2.43. The van der Waals surface area contributed by atoms with E-state index in [0.29, 0.717) is 13.0 Å². The highest BCUT2D eigenvalue weighted by molar-refractivity contribution is 5.78. The van der Waals surface area contributed by atoms with Gasteiger partial charge in [-0.15, -0.1) is 0 Å². The van der Waals surface area contributed by atoms with E-state index in [4.69, 9.17) is 5.11 Å². The van der Waals surface area contributed by atoms with E-state index in [2.05, 4.69) is 10.3 Å². The van der Waals surface area contributed by atoms with Gasteiger partial charge in [0.2, 0.25) is 5.91 Å². The lowest BCUT2D eigenvalue weighted by atomic mass is 9.79. The van der Waals surface area contributed by atoms with E-state index in [0.717, 1.165) is 31.5 Å². The van der Waals surface area contributed by atoms with Crippen LogP contribution in [0, 0.1) is 5.41 Å². The Hall–Kier alpha value is -1.85. The van der Waals surface area contributed by atoms with Crippen molar-refractivity contribution in [2.75, 3.05) is 0 Å². The summed E-state index contributed by atoms with van der Waals surface area (Å²) in [5.74, 6) is -0.114. The van der Waals surface area contributed by atoms with Crippen molar-refractivity contribution < 1.29 is 14.7 Å². The topological polar surface area (TPSA) is 84.2 Å². The molecule has 1 heterocycles. The molecule has 2 N–H and O–H groups in total. The number of nitrogens with one attached hydrogen (secondary N) is 1. The summed E-state index contributed by atoms with van der Waals surface area (Å²) in [4.78, 5) is 27.2. The number of aryl methyl sites for hydroxylation is 1. The van der Waals surface area contributed by atoms with Gasteiger partial charge in [-0.05, 0) is 18.3 Å². The second-order valence-electron chi connectivity index (χ2n) is 5.69. The molecule has 6 nitrogen and oxygen atoms in total. The van der Waals surface area contributed by atoms with Crippen LogP contribution in [0.3, 0.4) is 0 Å². The fourth-order valence-electron chi connectivity index (χ4n) is 3.01. The Kier molecular flexibility index (Phi) is 4.42. The Morgan fingerprint density at radius 3 is 2.65 bits per heavy atom. The number of rotatable bonds is 6. The number of carboxylic acids is 1. The molecule has 1 fully saturated rings. The summed E-state index contributed by atoms with van der Waals surface area (Å²) < 4.78 is 1.85. The Morgan fingerprint density at radius 2 is 2.10 bits per heavy atom. The summed E-state index contributed by atoms with van der Waals surface area (Å²) in [6.45, 7) is 0.380. The molecular weight excluding hydrogens is 258 g/mol. The number of imidazole rings is 1. The van der Waals surface area contributed by atoms with Crippen molar-refractivity contribution >= 4 is 11.9 Å². The van der Waals surface area contributed by atoms with Gasteiger partial charge in [-0.25, -0.2) is 4.98 Å². The molecule has 0 spiro atoms. The minimum atomic E-state index is -0.816. The summed E-state index contributed by atoms with van der Waals surface area (Å²) in [5, 5.41) is 11.9. The van der Waals surface area contributed by atoms with Crippen LogP contribution < -0.4 is 5.32 Å². The molecule has 1 aromatic heterocycles. The lowest BCUT2D eigenvalue weighted by Gasteiger charge is -2.26. The highest BCUT2D eigenvalue weighted by atomic mass is 16.4. The zero-order valence-electron chi connectivity index (χ0n) is 11.8. The third-order valence-corrected chi connectivity index (χ3v) is 4.09. The van der Waals surface area contributed by atoms with Gasteiger partial charge in [-0.2, -0.15) is 0 Å². The third kappa shape index (κ3) is 3.59. The van der Waals surface area contributed by atoms with Gasteiger partial charge < -0.3 is 15.0 Å². The van der Waals surface area contributed by atoms with Gasteiger partial charge in [0.15, 0.2) is 0 Å². The summed E-state index contributed by atoms with van der Waals surface area (Å²) in [6.07, 6.45) is 7.57. The van der Waals surface area contributed by atoms with Gasteiger partial charge in [0.05, 0.1) is 13.0 Å². The lowest BCUT2D eigenvalue weighted by molar-refractivity contribution is -0.140. The molecule has 1 saturated carbocycles. The molecule has 0 unspecified atom stereocenters. The van der Waals surface area contributed by atoms with Crippen LogP contribution in [-0.4, -0.2) is 26.5 Å². The van der Waals surface area contributed by atoms with Crippen LogP contribution in [0.2, 0.25) is 0 Å². The second-order valence-corrected chi connectivity index (χ2v) is 5.69. The van der Waals surface area contributed by atoms with E-state index in [9.17, 15) is 9.59 Å². The molecule has 110 valence electrons. The maximum absolute atomic E-state index is 12.1. The molecule has 20 heavy (non-hydrogen) atoms. The zero-order chi connectivity index (χ0) is 14.6. The number of amides is 1. The van der Waals surface area contributed by atoms with Crippen molar-refractivity contribution in [1.29, 1.82) is 0 Å². The zero-order valence-corrected chi connectivity index (χ0v) is 11.8. The van der Waals surface area contributed by atoms with E-state index in [-0.39, 0.29) is 17.7 Å². The van der Waals surface area contributed by atoms with Crippen LogP contribution in [0.25, 0.3) is 0 Å². The van der Waals surface area contributed by atoms with Crippen molar-refractivity contribution in [2.24, 2.45) is 12.5 Å². The molecule has 0 saturated heterocycles. The number of carboxylic acid groups (broad SMARTS) is 1. The summed E-state index contributed by atoms with van der Waals surface area (Å²) in [6, 6.07) is 0. The van der Waals surface area contributed by atoms with Gasteiger partial charge in [0.25, 0.3) is 0 Å². The van der Waals surface area contributed by atoms with Crippen molar-refractivity contribution in [1.82, 2.24) is 14.9 Å². The smallest absolute Gasteiger partial charge is 0.303 e. The quantitative estimate of drug-likeness (QED) is 0.825. The van der Waals surface area contributed by atoms with E-state index >= 15 is 0 Å². The maximum atomic E-state index is 12.1. The van der Waals surface area contributed by atoms with Crippen LogP contribution >= 0.6 is 0 Å². The Labute approximate surface area is 118 Å². The molecule has 1 aliphatic carbocycles. The van der Waals surface area contributed by atoms with Crippen LogP contribution in [0.5, 0.6) is 0 Å². The molecule has 0 aliphatic heterocycles. The number of hydrogen-bond acceptors (Lipinski definition) is 3. The minimum absolute atomic E-state index is 0.0861. The molecular formula is C14H21N3O3. The van der Waals surface area contributed by atoms with Gasteiger partial charge in [0.1, 0.15) is 5.82 Å². The second kappa shape index (κ2) is 6.07. The number of aromatic nitrogens is 2. The van der Waals surface area contributed by atoms with Crippen LogP contribution in [0.1, 0.15) is 44.3 Å². The molecule has 0 aromatic carbocycles. The van der Waals surface area contributed by atoms with Crippen molar-refractivity contribution in [3.63, 3.8) is 0 Å². The number of carbonyl (C=O) groups excluding carboxylic acids is 1. The SMILES string of the molecule is Cn1ccnc1CNC(=O)CC1(CC(=O)O)CCCC1. The van der Waals surface area contributed by atoms with Gasteiger partial charge in [-0.1, -0.05) is 12.8 Å². The molecule has 0 atom stereocenters. The first-order valence-electron chi connectivity index (χ1n) is 6.95. The first kappa shape index (κ1) is 14.6. The van der Waals surface area contributed by atoms with E-state index in [1.165, 1.54) is 0 Å². The Morgan fingerprint density at radius 1 is 1.40 bits per heavy atom. The summed E-state index contributed by atoms with van der Waals surface area (Å²) in [5.41, 5.74) is -0.350. The third-order valence-electron chi connectivity index (χ3n) is 4.09. The van der Waals surface area contributed by atoms with Crippen LogP contribution in [0.4, 0.5) is 0 Å². The van der Waals surface area contributed by atoms with E-state index in [1.807, 2.05) is 17.8 Å².